The van der Waals surface area contributed by atoms with E-state index in [0.29, 0.717) is 17.8 Å². The van der Waals surface area contributed by atoms with Crippen molar-refractivity contribution in [2.75, 3.05) is 44.2 Å². The summed E-state index contributed by atoms with van der Waals surface area (Å²) in [5, 5.41) is 5.76. The summed E-state index contributed by atoms with van der Waals surface area (Å²) in [5.74, 6) is -0.401. The Morgan fingerprint density at radius 2 is 1.72 bits per heavy atom. The summed E-state index contributed by atoms with van der Waals surface area (Å²) in [5.41, 5.74) is 4.41. The van der Waals surface area contributed by atoms with Crippen LogP contribution in [0.4, 0.5) is 10.5 Å². The fraction of sp³-hybridized carbons (Fsp3) is 0.360. The molecule has 2 amide bonds. The molecular formula is C25H30N4O3. The van der Waals surface area contributed by atoms with Crippen LogP contribution in [-0.4, -0.2) is 56.2 Å². The lowest BCUT2D eigenvalue weighted by Gasteiger charge is -2.38. The molecule has 1 saturated heterocycles. The number of carbonyl (C=O) groups is 2. The maximum Gasteiger partial charge on any atom is 0.338 e. The number of anilines is 1. The molecule has 1 fully saturated rings. The molecular weight excluding hydrogens is 404 g/mol. The minimum atomic E-state index is -0.534. The van der Waals surface area contributed by atoms with Crippen LogP contribution in [0.15, 0.2) is 65.9 Å². The summed E-state index contributed by atoms with van der Waals surface area (Å²) in [7, 11) is 0. The van der Waals surface area contributed by atoms with Crippen molar-refractivity contribution in [3.63, 3.8) is 0 Å². The molecule has 0 bridgehead atoms. The van der Waals surface area contributed by atoms with Crippen molar-refractivity contribution < 1.29 is 14.3 Å². The molecule has 2 N–H and O–H groups in total. The third-order valence-corrected chi connectivity index (χ3v) is 5.94. The maximum atomic E-state index is 12.9. The molecule has 2 aromatic carbocycles. The van der Waals surface area contributed by atoms with E-state index in [9.17, 15) is 9.59 Å². The van der Waals surface area contributed by atoms with Crippen molar-refractivity contribution in [3.05, 3.63) is 77.0 Å². The monoisotopic (exact) mass is 434 g/mol. The Morgan fingerprint density at radius 3 is 2.38 bits per heavy atom. The van der Waals surface area contributed by atoms with Crippen LogP contribution >= 0.6 is 0 Å². The first-order chi connectivity index (χ1) is 15.5. The number of ether oxygens (including phenoxy) is 1. The van der Waals surface area contributed by atoms with Gasteiger partial charge in [-0.15, -0.1) is 0 Å². The fourth-order valence-corrected chi connectivity index (χ4v) is 4.23. The molecule has 0 aromatic heterocycles. The zero-order chi connectivity index (χ0) is 22.5. The Balaban J connectivity index is 1.53. The first-order valence-corrected chi connectivity index (χ1v) is 11.1. The molecule has 0 spiro atoms. The maximum absolute atomic E-state index is 12.9. The number of amides is 2. The zero-order valence-electron chi connectivity index (χ0n) is 18.6. The molecule has 7 heteroatoms. The zero-order valence-corrected chi connectivity index (χ0v) is 18.6. The van der Waals surface area contributed by atoms with Crippen LogP contribution in [0.1, 0.15) is 24.1 Å². The topological polar surface area (TPSA) is 73.9 Å². The van der Waals surface area contributed by atoms with Crippen molar-refractivity contribution in [1.29, 1.82) is 0 Å². The standard InChI is InChI=1S/C25H30N4O3/c1-3-32-24(30)22-21(26-25(31)27-23(22)19-7-5-4-6-8-19)17-28-13-15-29(16-14-28)20-11-9-18(2)10-12-20/h4-12,23H,3,13-17H2,1-2H3,(H2,26,27,31)/t23-/m0/s1. The highest BCUT2D eigenvalue weighted by atomic mass is 16.5. The van der Waals surface area contributed by atoms with Crippen molar-refractivity contribution in [2.24, 2.45) is 0 Å². The number of benzene rings is 2. The van der Waals surface area contributed by atoms with Crippen molar-refractivity contribution >= 4 is 17.7 Å². The van der Waals surface area contributed by atoms with Gasteiger partial charge in [0.2, 0.25) is 0 Å². The van der Waals surface area contributed by atoms with Gasteiger partial charge in [-0.1, -0.05) is 48.0 Å². The average Bonchev–Trinajstić information content (AvgIpc) is 2.80. The molecule has 4 rings (SSSR count). The van der Waals surface area contributed by atoms with Crippen LogP contribution in [0.5, 0.6) is 0 Å². The summed E-state index contributed by atoms with van der Waals surface area (Å²) >= 11 is 0. The van der Waals surface area contributed by atoms with E-state index < -0.39 is 12.0 Å². The summed E-state index contributed by atoms with van der Waals surface area (Å²) in [6.45, 7) is 8.10. The number of urea groups is 1. The van der Waals surface area contributed by atoms with Crippen LogP contribution in [-0.2, 0) is 9.53 Å². The lowest BCUT2D eigenvalue weighted by molar-refractivity contribution is -0.139. The van der Waals surface area contributed by atoms with Gasteiger partial charge in [0, 0.05) is 44.1 Å². The minimum Gasteiger partial charge on any atom is -0.463 e. The van der Waals surface area contributed by atoms with E-state index in [1.165, 1.54) is 11.3 Å². The van der Waals surface area contributed by atoms with E-state index in [-0.39, 0.29) is 12.6 Å². The predicted molar refractivity (Wildman–Crippen MR) is 124 cm³/mol. The number of carbonyl (C=O) groups excluding carboxylic acids is 2. The molecule has 0 radical (unpaired) electrons. The van der Waals surface area contributed by atoms with Crippen LogP contribution < -0.4 is 15.5 Å². The normalized spacial score (nSPS) is 19.4. The number of nitrogens with one attached hydrogen (secondary N) is 2. The van der Waals surface area contributed by atoms with Crippen LogP contribution in [0.2, 0.25) is 0 Å². The first-order valence-electron chi connectivity index (χ1n) is 11.1. The number of hydrogen-bond donors (Lipinski definition) is 2. The molecule has 168 valence electrons. The average molecular weight is 435 g/mol. The van der Waals surface area contributed by atoms with Crippen molar-refractivity contribution in [2.45, 2.75) is 19.9 Å². The van der Waals surface area contributed by atoms with Crippen LogP contribution in [0.25, 0.3) is 0 Å². The predicted octanol–water partition coefficient (Wildman–Crippen LogP) is 2.99. The lowest BCUT2D eigenvalue weighted by atomic mass is 9.95. The highest BCUT2D eigenvalue weighted by Crippen LogP contribution is 2.28. The molecule has 2 aromatic rings. The first kappa shape index (κ1) is 21.9. The largest absolute Gasteiger partial charge is 0.463 e. The van der Waals surface area contributed by atoms with Crippen molar-refractivity contribution in [1.82, 2.24) is 15.5 Å². The molecule has 0 unspecified atom stereocenters. The van der Waals surface area contributed by atoms with E-state index in [2.05, 4.69) is 51.6 Å². The van der Waals surface area contributed by atoms with E-state index in [1.54, 1.807) is 6.92 Å². The molecule has 32 heavy (non-hydrogen) atoms. The lowest BCUT2D eigenvalue weighted by Crippen LogP contribution is -2.51. The number of hydrogen-bond acceptors (Lipinski definition) is 5. The molecule has 2 aliphatic rings. The van der Waals surface area contributed by atoms with E-state index in [1.807, 2.05) is 30.3 Å². The number of aryl methyl sites for hydroxylation is 1. The second kappa shape index (κ2) is 9.87. The molecule has 7 nitrogen and oxygen atoms in total. The van der Waals surface area contributed by atoms with Crippen LogP contribution in [0, 0.1) is 6.92 Å². The number of nitrogens with zero attached hydrogens (tertiary/aromatic N) is 2. The van der Waals surface area contributed by atoms with Crippen molar-refractivity contribution in [3.8, 4) is 0 Å². The summed E-state index contributed by atoms with van der Waals surface area (Å²) in [6, 6.07) is 17.3. The summed E-state index contributed by atoms with van der Waals surface area (Å²) < 4.78 is 5.36. The molecule has 2 aliphatic heterocycles. The number of piperazine rings is 1. The van der Waals surface area contributed by atoms with E-state index in [4.69, 9.17) is 4.74 Å². The van der Waals surface area contributed by atoms with Crippen LogP contribution in [0.3, 0.4) is 0 Å². The third kappa shape index (κ3) is 4.94. The third-order valence-electron chi connectivity index (χ3n) is 5.94. The van der Waals surface area contributed by atoms with E-state index >= 15 is 0 Å². The van der Waals surface area contributed by atoms with Gasteiger partial charge in [0.15, 0.2) is 0 Å². The van der Waals surface area contributed by atoms with Gasteiger partial charge in [0.05, 0.1) is 18.2 Å². The number of esters is 1. The molecule has 2 heterocycles. The highest BCUT2D eigenvalue weighted by Gasteiger charge is 2.34. The van der Waals surface area contributed by atoms with Gasteiger partial charge in [-0.05, 0) is 31.5 Å². The molecule has 0 aliphatic carbocycles. The van der Waals surface area contributed by atoms with Gasteiger partial charge in [-0.2, -0.15) is 0 Å². The smallest absolute Gasteiger partial charge is 0.338 e. The van der Waals surface area contributed by atoms with E-state index in [0.717, 1.165) is 31.7 Å². The molecule has 1 atom stereocenters. The Morgan fingerprint density at radius 1 is 1.03 bits per heavy atom. The van der Waals surface area contributed by atoms with Gasteiger partial charge >= 0.3 is 12.0 Å². The Bertz CT molecular complexity index is 980. The highest BCUT2D eigenvalue weighted by molar-refractivity contribution is 5.95. The molecule has 0 saturated carbocycles. The SMILES string of the molecule is CCOC(=O)C1=C(CN2CCN(c3ccc(C)cc3)CC2)NC(=O)N[C@H]1c1ccccc1. The summed E-state index contributed by atoms with van der Waals surface area (Å²) in [4.78, 5) is 30.0. The van der Waals surface area contributed by atoms with Gasteiger partial charge in [-0.3, -0.25) is 4.90 Å². The fourth-order valence-electron chi connectivity index (χ4n) is 4.23. The van der Waals surface area contributed by atoms with Gasteiger partial charge < -0.3 is 20.3 Å². The summed E-state index contributed by atoms with van der Waals surface area (Å²) in [6.07, 6.45) is 0. The Kier molecular flexibility index (Phi) is 6.75. The number of rotatable bonds is 6. The Hall–Kier alpha value is -3.32. The second-order valence-electron chi connectivity index (χ2n) is 8.15. The second-order valence-corrected chi connectivity index (χ2v) is 8.15. The van der Waals surface area contributed by atoms with Gasteiger partial charge in [-0.25, -0.2) is 9.59 Å². The minimum absolute atomic E-state index is 0.278. The van der Waals surface area contributed by atoms with Gasteiger partial charge in [0.25, 0.3) is 0 Å². The Labute approximate surface area is 189 Å². The quantitative estimate of drug-likeness (QED) is 0.684. The van der Waals surface area contributed by atoms with Gasteiger partial charge in [0.1, 0.15) is 0 Å².